The molecule has 16 aromatic rings. The van der Waals surface area contributed by atoms with Crippen molar-refractivity contribution in [1.29, 1.82) is 0 Å². The van der Waals surface area contributed by atoms with E-state index in [1.807, 2.05) is 140 Å². The largest absolute Gasteiger partial charge is 0.488 e. The van der Waals surface area contributed by atoms with Crippen LogP contribution in [0.2, 0.25) is 5.28 Å². The minimum absolute atomic E-state index is 0.202. The number of hydrogen-bond donors (Lipinski definition) is 2. The van der Waals surface area contributed by atoms with Crippen molar-refractivity contribution >= 4 is 67.8 Å². The molecular weight excluding hydrogens is 1130 g/mol. The van der Waals surface area contributed by atoms with Crippen molar-refractivity contribution in [2.75, 3.05) is 0 Å². The minimum Gasteiger partial charge on any atom is -0.423 e. The summed E-state index contributed by atoms with van der Waals surface area (Å²) in [6.45, 7) is 0. The molecule has 0 fully saturated rings. The quantitative estimate of drug-likeness (QED) is 0.158. The van der Waals surface area contributed by atoms with Gasteiger partial charge in [-0.3, -0.25) is 0 Å². The van der Waals surface area contributed by atoms with Crippen molar-refractivity contribution < 1.29 is 10.0 Å². The Labute approximate surface area is 523 Å². The zero-order valence-corrected chi connectivity index (χ0v) is 48.9. The van der Waals surface area contributed by atoms with Gasteiger partial charge in [-0.2, -0.15) is 9.97 Å². The van der Waals surface area contributed by atoms with Gasteiger partial charge in [0.05, 0.1) is 33.4 Å². The third kappa shape index (κ3) is 9.49. The molecule has 424 valence electrons. The predicted molar refractivity (Wildman–Crippen MR) is 366 cm³/mol. The zero-order valence-electron chi connectivity index (χ0n) is 48.1. The summed E-state index contributed by atoms with van der Waals surface area (Å²) in [5, 5.41) is 24.7. The highest BCUT2D eigenvalue weighted by molar-refractivity contribution is 6.58. The molecule has 0 amide bonds. The maximum Gasteiger partial charge on any atom is 0.488 e. The Morgan fingerprint density at radius 1 is 0.267 bits per heavy atom. The molecule has 0 aliphatic carbocycles. The highest BCUT2D eigenvalue weighted by Crippen LogP contribution is 2.49. The monoisotopic (exact) mass is 1180 g/mol. The molecule has 10 nitrogen and oxygen atoms in total. The number of para-hydroxylation sites is 4. The van der Waals surface area contributed by atoms with Crippen LogP contribution in [-0.2, 0) is 0 Å². The van der Waals surface area contributed by atoms with E-state index in [1.54, 1.807) is 6.07 Å². The molecule has 6 heterocycles. The summed E-state index contributed by atoms with van der Waals surface area (Å²) in [6.07, 6.45) is 0. The second-order valence-electron chi connectivity index (χ2n) is 22.1. The van der Waals surface area contributed by atoms with E-state index in [0.29, 0.717) is 34.6 Å². The van der Waals surface area contributed by atoms with Gasteiger partial charge in [-0.05, 0) is 75.7 Å². The van der Waals surface area contributed by atoms with E-state index in [2.05, 4.69) is 170 Å². The van der Waals surface area contributed by atoms with Crippen LogP contribution >= 0.6 is 11.6 Å². The summed E-state index contributed by atoms with van der Waals surface area (Å²) < 4.78 is 4.74. The Hall–Kier alpha value is -11.5. The average Bonchev–Trinajstić information content (AvgIpc) is 1.58. The molecule has 18 rings (SSSR count). The lowest BCUT2D eigenvalue weighted by Gasteiger charge is -2.15. The average molecular weight is 1180 g/mol. The Balaban J connectivity index is 0.000000118. The van der Waals surface area contributed by atoms with E-state index in [1.165, 1.54) is 60.3 Å². The van der Waals surface area contributed by atoms with Gasteiger partial charge in [-0.15, -0.1) is 0 Å². The van der Waals surface area contributed by atoms with Crippen LogP contribution < -0.4 is 5.46 Å². The first-order valence-corrected chi connectivity index (χ1v) is 30.1. The maximum atomic E-state index is 9.75. The summed E-state index contributed by atoms with van der Waals surface area (Å²) in [5.41, 5.74) is 21.4. The Bertz CT molecular complexity index is 5310. The maximum absolute atomic E-state index is 9.75. The lowest BCUT2D eigenvalue weighted by molar-refractivity contribution is 0.426. The number of halogens is 1. The number of rotatable bonds is 6. The number of fused-ring (bicyclic) bond motifs is 16. The third-order valence-corrected chi connectivity index (χ3v) is 17.0. The molecule has 2 aliphatic heterocycles. The van der Waals surface area contributed by atoms with Crippen LogP contribution in [0.1, 0.15) is 0 Å². The molecule has 0 spiro atoms. The van der Waals surface area contributed by atoms with Gasteiger partial charge in [0.1, 0.15) is 0 Å². The molecular formula is C78H50BClN8O2. The third-order valence-electron chi connectivity index (χ3n) is 16.8. The van der Waals surface area contributed by atoms with Crippen molar-refractivity contribution in [3.05, 3.63) is 296 Å². The topological polar surface area (TPSA) is 128 Å². The second-order valence-corrected chi connectivity index (χ2v) is 22.4. The highest BCUT2D eigenvalue weighted by Gasteiger charge is 2.28. The van der Waals surface area contributed by atoms with E-state index in [0.717, 1.165) is 67.0 Å². The minimum atomic E-state index is -1.50. The summed E-state index contributed by atoms with van der Waals surface area (Å²) in [6, 6.07) is 99.3. The van der Waals surface area contributed by atoms with Gasteiger partial charge in [0.25, 0.3) is 0 Å². The fourth-order valence-corrected chi connectivity index (χ4v) is 13.0. The fourth-order valence-electron chi connectivity index (χ4n) is 12.8. The normalized spacial score (nSPS) is 11.5. The van der Waals surface area contributed by atoms with E-state index < -0.39 is 7.12 Å². The van der Waals surface area contributed by atoms with Gasteiger partial charge in [-0.1, -0.05) is 255 Å². The number of hydrogen-bond acceptors (Lipinski definition) is 8. The molecule has 12 aromatic carbocycles. The molecule has 2 aliphatic rings. The molecule has 0 saturated carbocycles. The second kappa shape index (κ2) is 22.7. The fraction of sp³-hybridized carbons (Fsp3) is 0. The molecule has 12 heteroatoms. The van der Waals surface area contributed by atoms with Crippen LogP contribution in [0.15, 0.2) is 291 Å². The zero-order chi connectivity index (χ0) is 60.2. The predicted octanol–water partition coefficient (Wildman–Crippen LogP) is 17.6. The Morgan fingerprint density at radius 3 is 1.01 bits per heavy atom. The molecule has 0 saturated heterocycles. The van der Waals surface area contributed by atoms with Crippen molar-refractivity contribution in [3.8, 4) is 113 Å². The lowest BCUT2D eigenvalue weighted by atomic mass is 9.78. The van der Waals surface area contributed by atoms with Crippen molar-refractivity contribution in [3.63, 3.8) is 0 Å². The van der Waals surface area contributed by atoms with Gasteiger partial charge in [-0.25, -0.2) is 19.9 Å². The standard InChI is InChI=1S/C39H24N4.C24H16BNO2.C15H10ClN3/c1-3-12-25(13-4-1)37-40-38(26-14-5-2-6-15-26)42-39(41-37)27-22-23-35-33(24-27)29-17-8-7-16-28(29)31-19-11-20-32-30-18-9-10-21-34(30)43(35)36(31)32;27-25(28)15-12-13-23-21(14-15)17-7-2-1-6-16(17)19-9-5-10-20-18-8-3-4-11-22(18)26(23)24(19)20;16-15-18-13(11-7-3-1-4-8-11)17-14(19-15)12-9-5-2-6-10-12/h1-24H;1-14,27-28H;1-10H. The van der Waals surface area contributed by atoms with Gasteiger partial charge < -0.3 is 19.2 Å². The molecule has 4 aromatic heterocycles. The Morgan fingerprint density at radius 2 is 0.589 bits per heavy atom. The number of benzene rings is 12. The summed E-state index contributed by atoms with van der Waals surface area (Å²) in [4.78, 5) is 27.7. The van der Waals surface area contributed by atoms with Crippen LogP contribution in [-0.4, -0.2) is 56.2 Å². The number of nitrogens with zero attached hydrogens (tertiary/aromatic N) is 8. The first-order valence-electron chi connectivity index (χ1n) is 29.7. The molecule has 0 unspecified atom stereocenters. The SMILES string of the molecule is Clc1nc(-c2ccccc2)nc(-c2ccccc2)n1.OB(O)c1ccc2c(c1)-c1ccccc1-c1cccc3c4ccccc4n-2c13.c1ccc(-c2nc(-c3ccccc3)nc(-c3ccc4c(c3)-c3ccccc3-c3cccc5c6ccccc6n-4c35)n2)cc1. The van der Waals surface area contributed by atoms with Crippen LogP contribution in [0.5, 0.6) is 0 Å². The molecule has 90 heavy (non-hydrogen) atoms. The summed E-state index contributed by atoms with van der Waals surface area (Å²) in [7, 11) is -1.50. The van der Waals surface area contributed by atoms with E-state index in [4.69, 9.17) is 26.6 Å². The van der Waals surface area contributed by atoms with Crippen LogP contribution in [0.25, 0.3) is 156 Å². The smallest absolute Gasteiger partial charge is 0.423 e. The van der Waals surface area contributed by atoms with Crippen molar-refractivity contribution in [2.24, 2.45) is 0 Å². The Kier molecular flexibility index (Phi) is 13.6. The van der Waals surface area contributed by atoms with Gasteiger partial charge in [0.2, 0.25) is 5.28 Å². The molecule has 0 bridgehead atoms. The molecule has 2 N–H and O–H groups in total. The summed E-state index contributed by atoms with van der Waals surface area (Å²) in [5.74, 6) is 3.13. The first-order chi connectivity index (χ1) is 44.4. The van der Waals surface area contributed by atoms with Crippen LogP contribution in [0.3, 0.4) is 0 Å². The van der Waals surface area contributed by atoms with Gasteiger partial charge >= 0.3 is 7.12 Å². The van der Waals surface area contributed by atoms with E-state index >= 15 is 0 Å². The van der Waals surface area contributed by atoms with Gasteiger partial charge in [0.15, 0.2) is 29.1 Å². The molecule has 0 atom stereocenters. The van der Waals surface area contributed by atoms with Crippen molar-refractivity contribution in [2.45, 2.75) is 0 Å². The van der Waals surface area contributed by atoms with Crippen LogP contribution in [0, 0.1) is 0 Å². The highest BCUT2D eigenvalue weighted by atomic mass is 35.5. The number of aromatic nitrogens is 8. The van der Waals surface area contributed by atoms with Gasteiger partial charge in [0, 0.05) is 71.6 Å². The van der Waals surface area contributed by atoms with Crippen molar-refractivity contribution in [1.82, 2.24) is 39.0 Å². The first kappa shape index (κ1) is 54.0. The van der Waals surface area contributed by atoms with Crippen LogP contribution in [0.4, 0.5) is 0 Å². The van der Waals surface area contributed by atoms with E-state index in [-0.39, 0.29) is 5.28 Å². The van der Waals surface area contributed by atoms with E-state index in [9.17, 15) is 10.0 Å². The lowest BCUT2D eigenvalue weighted by Crippen LogP contribution is -2.29. The molecule has 0 radical (unpaired) electrons. The summed E-state index contributed by atoms with van der Waals surface area (Å²) >= 11 is 5.99.